The van der Waals surface area contributed by atoms with Crippen LogP contribution >= 0.6 is 11.6 Å². The summed E-state index contributed by atoms with van der Waals surface area (Å²) in [6.07, 6.45) is 0. The number of halogens is 1. The topological polar surface area (TPSA) is 50.4 Å². The van der Waals surface area contributed by atoms with Crippen LogP contribution in [0.15, 0.2) is 30.3 Å². The number of aromatic hydroxyl groups is 1. The smallest absolute Gasteiger partial charge is 0.219 e. The fraction of sp³-hybridized carbons (Fsp3) is 0.250. The van der Waals surface area contributed by atoms with Gasteiger partial charge in [0.15, 0.2) is 5.65 Å². The maximum Gasteiger partial charge on any atom is 0.219 e. The van der Waals surface area contributed by atoms with E-state index in [2.05, 4.69) is 10.1 Å². The number of aryl methyl sites for hydroxylation is 1. The monoisotopic (exact) mass is 301 g/mol. The van der Waals surface area contributed by atoms with Crippen LogP contribution in [0.1, 0.15) is 31.0 Å². The molecule has 0 saturated carbocycles. The molecule has 3 rings (SSSR count). The molecule has 0 atom stereocenters. The summed E-state index contributed by atoms with van der Waals surface area (Å²) in [6.45, 7) is 5.96. The number of hydrogen-bond acceptors (Lipinski definition) is 3. The van der Waals surface area contributed by atoms with Crippen molar-refractivity contribution in [3.8, 4) is 17.1 Å². The summed E-state index contributed by atoms with van der Waals surface area (Å²) in [6, 6.07) is 9.30. The van der Waals surface area contributed by atoms with Gasteiger partial charge in [-0.1, -0.05) is 37.6 Å². The van der Waals surface area contributed by atoms with E-state index < -0.39 is 0 Å². The molecule has 21 heavy (non-hydrogen) atoms. The molecule has 0 radical (unpaired) electrons. The molecular formula is C16H16ClN3O. The second-order valence-corrected chi connectivity index (χ2v) is 5.83. The second-order valence-electron chi connectivity index (χ2n) is 5.40. The number of hydrogen-bond donors (Lipinski definition) is 1. The third-order valence-electron chi connectivity index (χ3n) is 3.52. The zero-order valence-electron chi connectivity index (χ0n) is 12.1. The van der Waals surface area contributed by atoms with Crippen LogP contribution in [-0.2, 0) is 0 Å². The van der Waals surface area contributed by atoms with E-state index in [4.69, 9.17) is 11.6 Å². The van der Waals surface area contributed by atoms with Gasteiger partial charge in [0.2, 0.25) is 5.88 Å². The first-order chi connectivity index (χ1) is 9.97. The van der Waals surface area contributed by atoms with E-state index in [1.165, 1.54) is 4.52 Å². The van der Waals surface area contributed by atoms with Gasteiger partial charge in [-0.15, -0.1) is 0 Å². The number of fused-ring (bicyclic) bond motifs is 1. The van der Waals surface area contributed by atoms with Crippen molar-refractivity contribution in [3.05, 3.63) is 46.6 Å². The van der Waals surface area contributed by atoms with Gasteiger partial charge in [-0.05, 0) is 25.0 Å². The third-order valence-corrected chi connectivity index (χ3v) is 3.77. The van der Waals surface area contributed by atoms with Crippen molar-refractivity contribution in [2.45, 2.75) is 26.7 Å². The average molecular weight is 302 g/mol. The highest BCUT2D eigenvalue weighted by Gasteiger charge is 2.17. The molecule has 1 N–H and O–H groups in total. The first-order valence-corrected chi connectivity index (χ1v) is 7.20. The molecular weight excluding hydrogens is 286 g/mol. The summed E-state index contributed by atoms with van der Waals surface area (Å²) < 4.78 is 1.49. The van der Waals surface area contributed by atoms with Crippen LogP contribution in [-0.4, -0.2) is 19.7 Å². The normalized spacial score (nSPS) is 11.5. The Morgan fingerprint density at radius 2 is 1.86 bits per heavy atom. The summed E-state index contributed by atoms with van der Waals surface area (Å²) in [5.74, 6) is 0.345. The van der Waals surface area contributed by atoms with Crippen LogP contribution in [0.2, 0.25) is 5.02 Å². The maximum absolute atomic E-state index is 10.4. The molecule has 0 fully saturated rings. The standard InChI is InChI=1S/C16H16ClN3O/c1-9(2)15-10(3)18-14-8-13(19-20(14)16(15)21)11-4-6-12(17)7-5-11/h4-9,21H,1-3H3. The molecule has 108 valence electrons. The summed E-state index contributed by atoms with van der Waals surface area (Å²) >= 11 is 5.90. The van der Waals surface area contributed by atoms with Gasteiger partial charge in [-0.25, -0.2) is 4.98 Å². The molecule has 0 amide bonds. The zero-order valence-corrected chi connectivity index (χ0v) is 12.9. The second kappa shape index (κ2) is 5.04. The van der Waals surface area contributed by atoms with Crippen molar-refractivity contribution in [1.82, 2.24) is 14.6 Å². The van der Waals surface area contributed by atoms with Gasteiger partial charge < -0.3 is 5.11 Å². The summed E-state index contributed by atoms with van der Waals surface area (Å²) in [4.78, 5) is 4.54. The molecule has 0 aliphatic carbocycles. The van der Waals surface area contributed by atoms with Gasteiger partial charge in [0, 0.05) is 27.9 Å². The molecule has 5 heteroatoms. The van der Waals surface area contributed by atoms with E-state index in [-0.39, 0.29) is 11.8 Å². The van der Waals surface area contributed by atoms with Gasteiger partial charge in [-0.2, -0.15) is 9.61 Å². The zero-order chi connectivity index (χ0) is 15.1. The van der Waals surface area contributed by atoms with Crippen LogP contribution in [0.4, 0.5) is 0 Å². The minimum absolute atomic E-state index is 0.160. The Bertz CT molecular complexity index is 806. The first kappa shape index (κ1) is 13.9. The maximum atomic E-state index is 10.4. The predicted octanol–water partition coefficient (Wildman–Crippen LogP) is 4.19. The fourth-order valence-electron chi connectivity index (χ4n) is 2.55. The highest BCUT2D eigenvalue weighted by atomic mass is 35.5. The Morgan fingerprint density at radius 3 is 2.48 bits per heavy atom. The van der Waals surface area contributed by atoms with Crippen LogP contribution < -0.4 is 0 Å². The van der Waals surface area contributed by atoms with Gasteiger partial charge in [0.05, 0.1) is 5.69 Å². The van der Waals surface area contributed by atoms with Gasteiger partial charge in [0.25, 0.3) is 0 Å². The van der Waals surface area contributed by atoms with Crippen molar-refractivity contribution in [2.24, 2.45) is 0 Å². The molecule has 0 spiro atoms. The minimum atomic E-state index is 0.160. The number of nitrogens with zero attached hydrogens (tertiary/aromatic N) is 3. The Kier molecular flexibility index (Phi) is 3.33. The molecule has 1 aromatic carbocycles. The van der Waals surface area contributed by atoms with Crippen molar-refractivity contribution in [1.29, 1.82) is 0 Å². The summed E-state index contributed by atoms with van der Waals surface area (Å²) in [5, 5.41) is 15.6. The number of benzene rings is 1. The van der Waals surface area contributed by atoms with Crippen LogP contribution in [0, 0.1) is 6.92 Å². The van der Waals surface area contributed by atoms with E-state index in [1.54, 1.807) is 0 Å². The van der Waals surface area contributed by atoms with Crippen LogP contribution in [0.3, 0.4) is 0 Å². The van der Waals surface area contributed by atoms with Gasteiger partial charge in [-0.3, -0.25) is 0 Å². The molecule has 0 bridgehead atoms. The molecule has 0 aliphatic heterocycles. The number of aromatic nitrogens is 3. The van der Waals surface area contributed by atoms with Gasteiger partial charge >= 0.3 is 0 Å². The van der Waals surface area contributed by atoms with E-state index in [0.29, 0.717) is 10.7 Å². The fourth-order valence-corrected chi connectivity index (χ4v) is 2.68. The molecule has 0 saturated heterocycles. The summed E-state index contributed by atoms with van der Waals surface area (Å²) in [7, 11) is 0. The summed E-state index contributed by atoms with van der Waals surface area (Å²) in [5.41, 5.74) is 3.99. The van der Waals surface area contributed by atoms with Crippen molar-refractivity contribution >= 4 is 17.2 Å². The number of rotatable bonds is 2. The van der Waals surface area contributed by atoms with Crippen LogP contribution in [0.25, 0.3) is 16.9 Å². The third kappa shape index (κ3) is 2.36. The first-order valence-electron chi connectivity index (χ1n) is 6.82. The molecule has 3 aromatic rings. The highest BCUT2D eigenvalue weighted by Crippen LogP contribution is 2.30. The van der Waals surface area contributed by atoms with E-state index in [9.17, 15) is 5.11 Å². The SMILES string of the molecule is Cc1nc2cc(-c3ccc(Cl)cc3)nn2c(O)c1C(C)C. The Labute approximate surface area is 128 Å². The lowest BCUT2D eigenvalue weighted by atomic mass is 10.0. The van der Waals surface area contributed by atoms with E-state index >= 15 is 0 Å². The Balaban J connectivity index is 2.20. The highest BCUT2D eigenvalue weighted by molar-refractivity contribution is 6.30. The Morgan fingerprint density at radius 1 is 1.19 bits per heavy atom. The van der Waals surface area contributed by atoms with Crippen molar-refractivity contribution in [3.63, 3.8) is 0 Å². The van der Waals surface area contributed by atoms with E-state index in [1.807, 2.05) is 51.1 Å². The van der Waals surface area contributed by atoms with Gasteiger partial charge in [0.1, 0.15) is 0 Å². The van der Waals surface area contributed by atoms with Crippen molar-refractivity contribution < 1.29 is 5.11 Å². The molecule has 2 heterocycles. The average Bonchev–Trinajstić information content (AvgIpc) is 2.83. The minimum Gasteiger partial charge on any atom is -0.493 e. The molecule has 2 aromatic heterocycles. The van der Waals surface area contributed by atoms with Crippen LogP contribution in [0.5, 0.6) is 5.88 Å². The Hall–Kier alpha value is -2.07. The molecule has 0 aliphatic rings. The lowest BCUT2D eigenvalue weighted by Gasteiger charge is -2.11. The molecule has 0 unspecified atom stereocenters. The largest absolute Gasteiger partial charge is 0.493 e. The lowest BCUT2D eigenvalue weighted by molar-refractivity contribution is 0.423. The van der Waals surface area contributed by atoms with Crippen molar-refractivity contribution in [2.75, 3.05) is 0 Å². The predicted molar refractivity (Wildman–Crippen MR) is 83.9 cm³/mol. The lowest BCUT2D eigenvalue weighted by Crippen LogP contribution is -2.02. The van der Waals surface area contributed by atoms with E-state index in [0.717, 1.165) is 22.5 Å². The molecule has 4 nitrogen and oxygen atoms in total. The quantitative estimate of drug-likeness (QED) is 0.772.